The fraction of sp³-hybridized carbons (Fsp3) is 0.500. The van der Waals surface area contributed by atoms with Crippen LogP contribution in [0.4, 0.5) is 0 Å². The van der Waals surface area contributed by atoms with Crippen molar-refractivity contribution in [2.24, 2.45) is 5.92 Å². The highest BCUT2D eigenvalue weighted by Gasteiger charge is 2.31. The van der Waals surface area contributed by atoms with Gasteiger partial charge in [-0.3, -0.25) is 4.98 Å². The Labute approximate surface area is 126 Å². The van der Waals surface area contributed by atoms with Crippen LogP contribution in [0.15, 0.2) is 36.5 Å². The summed E-state index contributed by atoms with van der Waals surface area (Å²) < 4.78 is 5.65. The quantitative estimate of drug-likeness (QED) is 0.878. The van der Waals surface area contributed by atoms with E-state index in [0.717, 1.165) is 18.0 Å². The Morgan fingerprint density at radius 1 is 1.33 bits per heavy atom. The normalized spacial score (nSPS) is 23.0. The number of pyridine rings is 1. The monoisotopic (exact) mass is 284 g/mol. The number of aromatic nitrogens is 1. The fourth-order valence-electron chi connectivity index (χ4n) is 3.27. The van der Waals surface area contributed by atoms with Crippen LogP contribution in [0.5, 0.6) is 0 Å². The molecule has 1 aromatic heterocycles. The van der Waals surface area contributed by atoms with E-state index in [-0.39, 0.29) is 0 Å². The van der Waals surface area contributed by atoms with Crippen molar-refractivity contribution in [2.75, 3.05) is 13.7 Å². The minimum absolute atomic E-state index is 0.384. The summed E-state index contributed by atoms with van der Waals surface area (Å²) >= 11 is 0. The van der Waals surface area contributed by atoms with Crippen molar-refractivity contribution in [1.29, 1.82) is 0 Å². The summed E-state index contributed by atoms with van der Waals surface area (Å²) in [6, 6.07) is 10.9. The van der Waals surface area contributed by atoms with Crippen LogP contribution in [0.3, 0.4) is 0 Å². The molecule has 3 rings (SSSR count). The van der Waals surface area contributed by atoms with Gasteiger partial charge in [0.1, 0.15) is 0 Å². The predicted molar refractivity (Wildman–Crippen MR) is 86.3 cm³/mol. The van der Waals surface area contributed by atoms with Gasteiger partial charge in [0.05, 0.1) is 11.6 Å². The number of para-hydroxylation sites is 1. The lowest BCUT2D eigenvalue weighted by Crippen LogP contribution is -2.34. The third-order valence-electron chi connectivity index (χ3n) is 4.53. The van der Waals surface area contributed by atoms with Gasteiger partial charge in [0.15, 0.2) is 0 Å². The van der Waals surface area contributed by atoms with Gasteiger partial charge in [0, 0.05) is 24.2 Å². The van der Waals surface area contributed by atoms with Crippen LogP contribution in [0, 0.1) is 5.92 Å². The highest BCUT2D eigenvalue weighted by Crippen LogP contribution is 2.37. The maximum Gasteiger partial charge on any atom is 0.0702 e. The molecule has 1 fully saturated rings. The number of benzene rings is 1. The van der Waals surface area contributed by atoms with Crippen molar-refractivity contribution >= 4 is 10.9 Å². The van der Waals surface area contributed by atoms with Gasteiger partial charge in [-0.25, -0.2) is 0 Å². The van der Waals surface area contributed by atoms with E-state index >= 15 is 0 Å². The molecule has 3 nitrogen and oxygen atoms in total. The molecular formula is C18H24N2O. The van der Waals surface area contributed by atoms with E-state index in [4.69, 9.17) is 4.74 Å². The molecule has 0 aliphatic heterocycles. The zero-order valence-corrected chi connectivity index (χ0v) is 12.9. The van der Waals surface area contributed by atoms with Gasteiger partial charge >= 0.3 is 0 Å². The fourth-order valence-corrected chi connectivity index (χ4v) is 3.27. The summed E-state index contributed by atoms with van der Waals surface area (Å²) in [6.07, 6.45) is 6.08. The zero-order chi connectivity index (χ0) is 14.7. The van der Waals surface area contributed by atoms with Gasteiger partial charge in [0.25, 0.3) is 0 Å². The van der Waals surface area contributed by atoms with Gasteiger partial charge < -0.3 is 10.1 Å². The van der Waals surface area contributed by atoms with Crippen LogP contribution in [0.1, 0.15) is 37.8 Å². The Hall–Kier alpha value is -1.45. The average Bonchev–Trinajstić information content (AvgIpc) is 2.49. The van der Waals surface area contributed by atoms with Gasteiger partial charge in [0.2, 0.25) is 0 Å². The molecule has 1 aliphatic carbocycles. The van der Waals surface area contributed by atoms with Crippen molar-refractivity contribution in [2.45, 2.75) is 38.3 Å². The van der Waals surface area contributed by atoms with Crippen LogP contribution in [0.25, 0.3) is 10.9 Å². The molecule has 1 aromatic carbocycles. The summed E-state index contributed by atoms with van der Waals surface area (Å²) in [5.74, 6) is 0.769. The highest BCUT2D eigenvalue weighted by molar-refractivity contribution is 5.78. The first-order valence-electron chi connectivity index (χ1n) is 7.93. The van der Waals surface area contributed by atoms with E-state index in [2.05, 4.69) is 41.5 Å². The highest BCUT2D eigenvalue weighted by atomic mass is 16.5. The topological polar surface area (TPSA) is 34.1 Å². The van der Waals surface area contributed by atoms with E-state index < -0.39 is 0 Å². The molecule has 0 amide bonds. The van der Waals surface area contributed by atoms with E-state index in [1.54, 1.807) is 0 Å². The maximum atomic E-state index is 5.65. The third-order valence-corrected chi connectivity index (χ3v) is 4.53. The van der Waals surface area contributed by atoms with Crippen molar-refractivity contribution in [3.63, 3.8) is 0 Å². The third kappa shape index (κ3) is 3.25. The number of hydrogen-bond donors (Lipinski definition) is 1. The molecule has 0 radical (unpaired) electrons. The lowest BCUT2D eigenvalue weighted by molar-refractivity contribution is -0.0289. The molecule has 1 saturated carbocycles. The minimum Gasteiger partial charge on any atom is -0.378 e. The number of rotatable bonds is 6. The maximum absolute atomic E-state index is 5.65. The van der Waals surface area contributed by atoms with Crippen LogP contribution in [0.2, 0.25) is 0 Å². The van der Waals surface area contributed by atoms with E-state index in [0.29, 0.717) is 12.1 Å². The molecule has 21 heavy (non-hydrogen) atoms. The first-order chi connectivity index (χ1) is 10.3. The summed E-state index contributed by atoms with van der Waals surface area (Å²) in [6.45, 7) is 2.91. The summed E-state index contributed by atoms with van der Waals surface area (Å²) in [5, 5.41) is 4.67. The SMILES string of the molecule is CCOC1CC(CC(NC)c2cnc3ccccc3c2)C1. The van der Waals surface area contributed by atoms with Gasteiger partial charge in [-0.1, -0.05) is 18.2 Å². The van der Waals surface area contributed by atoms with Gasteiger partial charge in [-0.2, -0.15) is 0 Å². The Morgan fingerprint density at radius 3 is 2.90 bits per heavy atom. The summed E-state index contributed by atoms with van der Waals surface area (Å²) in [7, 11) is 2.04. The number of hydrogen-bond acceptors (Lipinski definition) is 3. The number of nitrogens with one attached hydrogen (secondary N) is 1. The standard InChI is InChI=1S/C18H24N2O/c1-3-21-16-8-13(9-16)10-18(19-2)15-11-14-6-4-5-7-17(14)20-12-15/h4-7,11-13,16,18-19H,3,8-10H2,1-2H3. The summed E-state index contributed by atoms with van der Waals surface area (Å²) in [4.78, 5) is 4.58. The first kappa shape index (κ1) is 14.5. The molecule has 2 aromatic rings. The van der Waals surface area contributed by atoms with Crippen molar-refractivity contribution < 1.29 is 4.74 Å². The Kier molecular flexibility index (Phi) is 4.51. The largest absolute Gasteiger partial charge is 0.378 e. The minimum atomic E-state index is 0.384. The Balaban J connectivity index is 1.67. The van der Waals surface area contributed by atoms with Crippen molar-refractivity contribution in [1.82, 2.24) is 10.3 Å². The van der Waals surface area contributed by atoms with Crippen LogP contribution in [-0.2, 0) is 4.74 Å². The first-order valence-corrected chi connectivity index (χ1v) is 7.93. The van der Waals surface area contributed by atoms with E-state index in [1.165, 1.54) is 30.2 Å². The molecular weight excluding hydrogens is 260 g/mol. The number of nitrogens with zero attached hydrogens (tertiary/aromatic N) is 1. The van der Waals surface area contributed by atoms with Crippen molar-refractivity contribution in [3.05, 3.63) is 42.1 Å². The smallest absolute Gasteiger partial charge is 0.0702 e. The molecule has 112 valence electrons. The zero-order valence-electron chi connectivity index (χ0n) is 12.9. The van der Waals surface area contributed by atoms with Crippen LogP contribution < -0.4 is 5.32 Å². The van der Waals surface area contributed by atoms with Crippen LogP contribution in [-0.4, -0.2) is 24.7 Å². The van der Waals surface area contributed by atoms with Gasteiger partial charge in [-0.05, 0) is 56.8 Å². The lowest BCUT2D eigenvalue weighted by atomic mass is 9.77. The lowest BCUT2D eigenvalue weighted by Gasteiger charge is -2.37. The molecule has 0 saturated heterocycles. The molecule has 1 unspecified atom stereocenters. The predicted octanol–water partition coefficient (Wildman–Crippen LogP) is 3.70. The molecule has 1 N–H and O–H groups in total. The number of ether oxygens (including phenoxy) is 1. The Morgan fingerprint density at radius 2 is 2.14 bits per heavy atom. The second-order valence-corrected chi connectivity index (χ2v) is 5.95. The summed E-state index contributed by atoms with van der Waals surface area (Å²) in [5.41, 5.74) is 2.35. The Bertz CT molecular complexity index is 593. The molecule has 0 bridgehead atoms. The van der Waals surface area contributed by atoms with Crippen molar-refractivity contribution in [3.8, 4) is 0 Å². The molecule has 1 atom stereocenters. The molecule has 1 aliphatic rings. The average molecular weight is 284 g/mol. The van der Waals surface area contributed by atoms with Gasteiger partial charge in [-0.15, -0.1) is 0 Å². The number of fused-ring (bicyclic) bond motifs is 1. The molecule has 1 heterocycles. The second kappa shape index (κ2) is 6.54. The molecule has 3 heteroatoms. The van der Waals surface area contributed by atoms with E-state index in [9.17, 15) is 0 Å². The van der Waals surface area contributed by atoms with Crippen LogP contribution >= 0.6 is 0 Å². The second-order valence-electron chi connectivity index (χ2n) is 5.95. The molecule has 0 spiro atoms. The van der Waals surface area contributed by atoms with E-state index in [1.807, 2.05) is 19.3 Å².